The molecule has 26 heavy (non-hydrogen) atoms. The smallest absolute Gasteiger partial charge is 0.275 e. The Labute approximate surface area is 150 Å². The summed E-state index contributed by atoms with van der Waals surface area (Å²) in [5.74, 6) is 0.916. The highest BCUT2D eigenvalue weighted by Gasteiger charge is 2.35. The average molecular weight is 355 g/mol. The molecule has 0 spiro atoms. The van der Waals surface area contributed by atoms with Gasteiger partial charge in [-0.1, -0.05) is 25.5 Å². The van der Waals surface area contributed by atoms with Crippen molar-refractivity contribution in [2.75, 3.05) is 19.8 Å². The Morgan fingerprint density at radius 2 is 2.19 bits per heavy atom. The van der Waals surface area contributed by atoms with Crippen molar-refractivity contribution in [2.45, 2.75) is 32.7 Å². The number of benzene rings is 1. The molecule has 0 unspecified atom stereocenters. The minimum atomic E-state index is -0.409. The summed E-state index contributed by atoms with van der Waals surface area (Å²) in [6, 6.07) is 5.47. The molecule has 0 aliphatic carbocycles. The van der Waals surface area contributed by atoms with Crippen molar-refractivity contribution in [1.29, 1.82) is 0 Å². The van der Waals surface area contributed by atoms with Crippen LogP contribution in [0.15, 0.2) is 22.6 Å². The third kappa shape index (κ3) is 2.86. The zero-order chi connectivity index (χ0) is 18.3. The summed E-state index contributed by atoms with van der Waals surface area (Å²) < 4.78 is 11.3. The number of amides is 1. The molecule has 2 aromatic heterocycles. The Morgan fingerprint density at radius 1 is 1.35 bits per heavy atom. The summed E-state index contributed by atoms with van der Waals surface area (Å²) in [5.41, 5.74) is 2.31. The Hall–Kier alpha value is -2.74. The fourth-order valence-electron chi connectivity index (χ4n) is 3.09. The van der Waals surface area contributed by atoms with E-state index in [9.17, 15) is 4.79 Å². The normalized spacial score (nSPS) is 18.0. The number of aromatic nitrogens is 4. The number of nitrogens with one attached hydrogen (secondary N) is 1. The number of H-pyrrole nitrogens is 1. The lowest BCUT2D eigenvalue weighted by Gasteiger charge is -2.32. The number of hydrogen-bond donors (Lipinski definition) is 1. The van der Waals surface area contributed by atoms with E-state index in [2.05, 4.69) is 20.4 Å². The number of nitrogens with zero attached hydrogens (tertiary/aromatic N) is 4. The first-order chi connectivity index (χ1) is 12.5. The van der Waals surface area contributed by atoms with E-state index in [0.29, 0.717) is 37.2 Å². The molecule has 3 aromatic rings. The van der Waals surface area contributed by atoms with Crippen molar-refractivity contribution in [3.63, 3.8) is 0 Å². The van der Waals surface area contributed by atoms with Crippen molar-refractivity contribution >= 4 is 16.8 Å². The lowest BCUT2D eigenvalue weighted by molar-refractivity contribution is -0.0109. The van der Waals surface area contributed by atoms with E-state index >= 15 is 0 Å². The molecule has 1 atom stereocenters. The second-order valence-corrected chi connectivity index (χ2v) is 6.84. The van der Waals surface area contributed by atoms with Crippen molar-refractivity contribution in [1.82, 2.24) is 25.3 Å². The van der Waals surface area contributed by atoms with Gasteiger partial charge in [0.25, 0.3) is 5.91 Å². The topological polar surface area (TPSA) is 97.1 Å². The van der Waals surface area contributed by atoms with Crippen LogP contribution in [-0.4, -0.2) is 51.0 Å². The first-order valence-corrected chi connectivity index (χ1v) is 8.71. The third-order valence-electron chi connectivity index (χ3n) is 4.55. The molecule has 1 aliphatic rings. The molecule has 136 valence electrons. The monoisotopic (exact) mass is 355 g/mol. The lowest BCUT2D eigenvalue weighted by Crippen LogP contribution is -2.43. The first-order valence-electron chi connectivity index (χ1n) is 8.71. The van der Waals surface area contributed by atoms with Gasteiger partial charge in [0.1, 0.15) is 6.04 Å². The molecule has 1 aromatic carbocycles. The molecule has 0 radical (unpaired) electrons. The molecule has 8 nitrogen and oxygen atoms in total. The molecule has 1 amide bonds. The van der Waals surface area contributed by atoms with Crippen LogP contribution < -0.4 is 0 Å². The summed E-state index contributed by atoms with van der Waals surface area (Å²) in [7, 11) is 0. The van der Waals surface area contributed by atoms with Gasteiger partial charge in [-0.3, -0.25) is 9.89 Å². The van der Waals surface area contributed by atoms with Crippen LogP contribution in [0.5, 0.6) is 0 Å². The van der Waals surface area contributed by atoms with Crippen LogP contribution in [0.25, 0.3) is 10.9 Å². The molecule has 4 rings (SSSR count). The fraction of sp³-hybridized carbons (Fsp3) is 0.444. The zero-order valence-corrected chi connectivity index (χ0v) is 15.0. The minimum absolute atomic E-state index is 0.128. The summed E-state index contributed by atoms with van der Waals surface area (Å²) in [6.45, 7) is 7.19. The van der Waals surface area contributed by atoms with E-state index in [4.69, 9.17) is 9.15 Å². The number of aromatic amines is 1. The van der Waals surface area contributed by atoms with Gasteiger partial charge in [0.15, 0.2) is 5.69 Å². The maximum absolute atomic E-state index is 13.2. The quantitative estimate of drug-likeness (QED) is 0.775. The second kappa shape index (κ2) is 6.53. The van der Waals surface area contributed by atoms with Gasteiger partial charge >= 0.3 is 0 Å². The number of morpholine rings is 1. The van der Waals surface area contributed by atoms with Gasteiger partial charge in [0.2, 0.25) is 11.8 Å². The van der Waals surface area contributed by atoms with Crippen molar-refractivity contribution in [2.24, 2.45) is 0 Å². The maximum atomic E-state index is 13.2. The van der Waals surface area contributed by atoms with Gasteiger partial charge in [-0.05, 0) is 19.1 Å². The van der Waals surface area contributed by atoms with E-state index in [1.165, 1.54) is 0 Å². The molecule has 1 N–H and O–H groups in total. The van der Waals surface area contributed by atoms with Gasteiger partial charge in [0, 0.05) is 17.8 Å². The molecule has 1 aliphatic heterocycles. The highest BCUT2D eigenvalue weighted by Crippen LogP contribution is 2.28. The SMILES string of the molecule is Cc1ccc2[nH]nc(C(=O)N3CCOC[C@H]3c3nnc(C(C)C)o3)c2c1. The number of carbonyl (C=O) groups is 1. The highest BCUT2D eigenvalue weighted by atomic mass is 16.5. The number of ether oxygens (including phenoxy) is 1. The van der Waals surface area contributed by atoms with Crippen molar-refractivity contribution in [3.05, 3.63) is 41.2 Å². The standard InChI is InChI=1S/C18H21N5O3/c1-10(2)16-21-22-17(26-16)14-9-25-7-6-23(14)18(24)15-12-8-11(3)4-5-13(12)19-20-15/h4-5,8,10,14H,6-7,9H2,1-3H3,(H,19,20)/t14-/m0/s1. The molecular formula is C18H21N5O3. The van der Waals surface area contributed by atoms with Crippen LogP contribution in [0.4, 0.5) is 0 Å². The van der Waals surface area contributed by atoms with Gasteiger partial charge in [-0.2, -0.15) is 5.10 Å². The van der Waals surface area contributed by atoms with Gasteiger partial charge in [-0.25, -0.2) is 0 Å². The summed E-state index contributed by atoms with van der Waals surface area (Å²) in [6.07, 6.45) is 0. The molecule has 1 saturated heterocycles. The van der Waals surface area contributed by atoms with E-state index in [1.807, 2.05) is 39.0 Å². The summed E-state index contributed by atoms with van der Waals surface area (Å²) in [5, 5.41) is 16.2. The molecule has 0 saturated carbocycles. The second-order valence-electron chi connectivity index (χ2n) is 6.84. The molecule has 8 heteroatoms. The van der Waals surface area contributed by atoms with Crippen molar-refractivity contribution in [3.8, 4) is 0 Å². The van der Waals surface area contributed by atoms with Crippen LogP contribution in [-0.2, 0) is 4.74 Å². The van der Waals surface area contributed by atoms with E-state index in [1.54, 1.807) is 4.90 Å². The number of aryl methyl sites for hydroxylation is 1. The first kappa shape index (κ1) is 16.7. The van der Waals surface area contributed by atoms with Crippen LogP contribution in [0, 0.1) is 6.92 Å². The average Bonchev–Trinajstić information content (AvgIpc) is 3.28. The van der Waals surface area contributed by atoms with E-state index < -0.39 is 6.04 Å². The molecule has 1 fully saturated rings. The number of rotatable bonds is 3. The maximum Gasteiger partial charge on any atom is 0.275 e. The van der Waals surface area contributed by atoms with Crippen molar-refractivity contribution < 1.29 is 13.9 Å². The van der Waals surface area contributed by atoms with Crippen LogP contribution in [0.3, 0.4) is 0 Å². The van der Waals surface area contributed by atoms with Crippen LogP contribution in [0.2, 0.25) is 0 Å². The van der Waals surface area contributed by atoms with Crippen LogP contribution in [0.1, 0.15) is 53.6 Å². The largest absolute Gasteiger partial charge is 0.423 e. The Morgan fingerprint density at radius 3 is 2.96 bits per heavy atom. The minimum Gasteiger partial charge on any atom is -0.423 e. The Bertz CT molecular complexity index is 945. The van der Waals surface area contributed by atoms with E-state index in [0.717, 1.165) is 16.5 Å². The Kier molecular flexibility index (Phi) is 4.20. The zero-order valence-electron chi connectivity index (χ0n) is 15.0. The number of hydrogen-bond acceptors (Lipinski definition) is 6. The Balaban J connectivity index is 1.68. The van der Waals surface area contributed by atoms with Gasteiger partial charge in [0.05, 0.1) is 18.7 Å². The summed E-state index contributed by atoms with van der Waals surface area (Å²) >= 11 is 0. The third-order valence-corrected chi connectivity index (χ3v) is 4.55. The lowest BCUT2D eigenvalue weighted by atomic mass is 10.1. The predicted octanol–water partition coefficient (Wildman–Crippen LogP) is 2.59. The highest BCUT2D eigenvalue weighted by molar-refractivity contribution is 6.05. The predicted molar refractivity (Wildman–Crippen MR) is 93.8 cm³/mol. The molecular weight excluding hydrogens is 334 g/mol. The molecule has 3 heterocycles. The van der Waals surface area contributed by atoms with Gasteiger partial charge in [-0.15, -0.1) is 10.2 Å². The molecule has 0 bridgehead atoms. The van der Waals surface area contributed by atoms with Gasteiger partial charge < -0.3 is 14.1 Å². The number of fused-ring (bicyclic) bond motifs is 1. The van der Waals surface area contributed by atoms with Crippen LogP contribution >= 0.6 is 0 Å². The van der Waals surface area contributed by atoms with E-state index in [-0.39, 0.29) is 11.8 Å². The fourth-order valence-corrected chi connectivity index (χ4v) is 3.09. The summed E-state index contributed by atoms with van der Waals surface area (Å²) in [4.78, 5) is 14.9. The number of carbonyl (C=O) groups excluding carboxylic acids is 1.